The lowest BCUT2D eigenvalue weighted by molar-refractivity contribution is -0.138. The second-order valence-corrected chi connectivity index (χ2v) is 4.85. The molecule has 0 aliphatic heterocycles. The van der Waals surface area contributed by atoms with Gasteiger partial charge < -0.3 is 10.4 Å². The maximum absolute atomic E-state index is 11.4. The lowest BCUT2D eigenvalue weighted by Gasteiger charge is -2.16. The number of hydrogen-bond donors (Lipinski definition) is 2. The van der Waals surface area contributed by atoms with Crippen molar-refractivity contribution >= 4 is 34.9 Å². The maximum Gasteiger partial charge on any atom is 0.330 e. The average Bonchev–Trinajstić information content (AvgIpc) is 2.37. The molecule has 2 N–H and O–H groups in total. The van der Waals surface area contributed by atoms with Gasteiger partial charge in [0.05, 0.1) is 0 Å². The van der Waals surface area contributed by atoms with E-state index in [0.29, 0.717) is 21.3 Å². The second kappa shape index (κ2) is 5.95. The minimum atomic E-state index is -0.975. The summed E-state index contributed by atoms with van der Waals surface area (Å²) in [6.45, 7) is 0. The molecule has 0 aliphatic carbocycles. The molecule has 19 heavy (non-hydrogen) atoms. The molecule has 0 spiro atoms. The highest BCUT2D eigenvalue weighted by atomic mass is 35.5. The van der Waals surface area contributed by atoms with Crippen molar-refractivity contribution in [3.63, 3.8) is 0 Å². The molecule has 5 heteroatoms. The Bertz CT molecular complexity index is 584. The van der Waals surface area contributed by atoms with Gasteiger partial charge in [-0.1, -0.05) is 35.3 Å². The van der Waals surface area contributed by atoms with Crippen LogP contribution in [0.2, 0.25) is 10.0 Å². The van der Waals surface area contributed by atoms with Crippen molar-refractivity contribution < 1.29 is 9.90 Å². The summed E-state index contributed by atoms with van der Waals surface area (Å²) >= 11 is 11.7. The van der Waals surface area contributed by atoms with Crippen LogP contribution in [0.5, 0.6) is 0 Å². The zero-order valence-electron chi connectivity index (χ0n) is 9.81. The fourth-order valence-corrected chi connectivity index (χ4v) is 2.01. The van der Waals surface area contributed by atoms with Crippen molar-refractivity contribution in [2.45, 2.75) is 6.04 Å². The van der Waals surface area contributed by atoms with E-state index >= 15 is 0 Å². The first-order valence-corrected chi connectivity index (χ1v) is 6.32. The third-order valence-corrected chi connectivity index (χ3v) is 3.07. The minimum Gasteiger partial charge on any atom is -0.479 e. The number of carboxylic acid groups (broad SMARTS) is 1. The van der Waals surface area contributed by atoms with E-state index in [1.54, 1.807) is 48.5 Å². The summed E-state index contributed by atoms with van der Waals surface area (Å²) in [5.41, 5.74) is 1.27. The first-order chi connectivity index (χ1) is 9.06. The van der Waals surface area contributed by atoms with Crippen LogP contribution < -0.4 is 5.32 Å². The number of carboxylic acids is 1. The van der Waals surface area contributed by atoms with Crippen LogP contribution >= 0.6 is 23.2 Å². The quantitative estimate of drug-likeness (QED) is 0.887. The van der Waals surface area contributed by atoms with Gasteiger partial charge in [0.2, 0.25) is 0 Å². The van der Waals surface area contributed by atoms with Crippen LogP contribution in [0.15, 0.2) is 48.5 Å². The molecule has 2 rings (SSSR count). The topological polar surface area (TPSA) is 49.3 Å². The summed E-state index contributed by atoms with van der Waals surface area (Å²) in [6, 6.07) is 12.7. The van der Waals surface area contributed by atoms with Gasteiger partial charge in [-0.15, -0.1) is 0 Å². The van der Waals surface area contributed by atoms with E-state index in [2.05, 4.69) is 5.32 Å². The zero-order chi connectivity index (χ0) is 13.8. The summed E-state index contributed by atoms with van der Waals surface area (Å²) in [6.07, 6.45) is 0. The Morgan fingerprint density at radius 2 is 1.74 bits per heavy atom. The molecule has 0 saturated carbocycles. The van der Waals surface area contributed by atoms with Crippen LogP contribution in [-0.4, -0.2) is 11.1 Å². The number of anilines is 1. The molecular weight excluding hydrogens is 285 g/mol. The predicted molar refractivity (Wildman–Crippen MR) is 76.9 cm³/mol. The highest BCUT2D eigenvalue weighted by molar-refractivity contribution is 6.31. The summed E-state index contributed by atoms with van der Waals surface area (Å²) in [4.78, 5) is 11.4. The van der Waals surface area contributed by atoms with Crippen LogP contribution in [0.4, 0.5) is 5.69 Å². The average molecular weight is 296 g/mol. The molecular formula is C14H11Cl2NO2. The van der Waals surface area contributed by atoms with Gasteiger partial charge in [-0.2, -0.15) is 0 Å². The van der Waals surface area contributed by atoms with Crippen molar-refractivity contribution in [2.75, 3.05) is 5.32 Å². The molecule has 2 aromatic carbocycles. The number of nitrogens with one attached hydrogen (secondary N) is 1. The molecule has 98 valence electrons. The first-order valence-electron chi connectivity index (χ1n) is 5.56. The number of benzene rings is 2. The molecule has 0 aliphatic rings. The molecule has 2 aromatic rings. The predicted octanol–water partition coefficient (Wildman–Crippen LogP) is 4.23. The normalized spacial score (nSPS) is 11.9. The Kier molecular flexibility index (Phi) is 4.30. The molecule has 0 bridgehead atoms. The standard InChI is InChI=1S/C14H11Cl2NO2/c15-10-4-6-12(7-5-10)17-13(14(18)19)9-2-1-3-11(16)8-9/h1-8,13,17H,(H,18,19). The van der Waals surface area contributed by atoms with Crippen LogP contribution in [0.1, 0.15) is 11.6 Å². The Hall–Kier alpha value is -1.71. The highest BCUT2D eigenvalue weighted by Gasteiger charge is 2.19. The molecule has 3 nitrogen and oxygen atoms in total. The lowest BCUT2D eigenvalue weighted by Crippen LogP contribution is -2.20. The largest absolute Gasteiger partial charge is 0.479 e. The van der Waals surface area contributed by atoms with E-state index in [9.17, 15) is 9.90 Å². The molecule has 0 saturated heterocycles. The summed E-state index contributed by atoms with van der Waals surface area (Å²) in [5.74, 6) is -0.975. The van der Waals surface area contributed by atoms with Gasteiger partial charge in [0.25, 0.3) is 0 Å². The van der Waals surface area contributed by atoms with Gasteiger partial charge in [-0.25, -0.2) is 4.79 Å². The van der Waals surface area contributed by atoms with E-state index in [1.165, 1.54) is 0 Å². The van der Waals surface area contributed by atoms with Crippen LogP contribution in [0.3, 0.4) is 0 Å². The Balaban J connectivity index is 2.26. The smallest absolute Gasteiger partial charge is 0.330 e. The molecule has 0 radical (unpaired) electrons. The number of aliphatic carboxylic acids is 1. The fourth-order valence-electron chi connectivity index (χ4n) is 1.69. The SMILES string of the molecule is O=C(O)C(Nc1ccc(Cl)cc1)c1cccc(Cl)c1. The Labute approximate surface area is 120 Å². The molecule has 0 amide bonds. The third-order valence-electron chi connectivity index (χ3n) is 2.58. The first kappa shape index (κ1) is 13.7. The molecule has 0 aromatic heterocycles. The third kappa shape index (κ3) is 3.63. The Morgan fingerprint density at radius 1 is 1.05 bits per heavy atom. The lowest BCUT2D eigenvalue weighted by atomic mass is 10.1. The fraction of sp³-hybridized carbons (Fsp3) is 0.0714. The Morgan fingerprint density at radius 3 is 2.32 bits per heavy atom. The van der Waals surface area contributed by atoms with Crippen LogP contribution in [0.25, 0.3) is 0 Å². The van der Waals surface area contributed by atoms with Gasteiger partial charge in [0.1, 0.15) is 0 Å². The second-order valence-electron chi connectivity index (χ2n) is 3.98. The molecule has 1 unspecified atom stereocenters. The van der Waals surface area contributed by atoms with Crippen molar-refractivity contribution in [1.82, 2.24) is 0 Å². The van der Waals surface area contributed by atoms with Gasteiger partial charge in [-0.05, 0) is 42.0 Å². The van der Waals surface area contributed by atoms with E-state index in [-0.39, 0.29) is 0 Å². The number of hydrogen-bond acceptors (Lipinski definition) is 2. The van der Waals surface area contributed by atoms with E-state index in [4.69, 9.17) is 23.2 Å². The number of carbonyl (C=O) groups is 1. The maximum atomic E-state index is 11.4. The summed E-state index contributed by atoms with van der Waals surface area (Å²) < 4.78 is 0. The van der Waals surface area contributed by atoms with Gasteiger partial charge >= 0.3 is 5.97 Å². The van der Waals surface area contributed by atoms with E-state index < -0.39 is 12.0 Å². The van der Waals surface area contributed by atoms with Gasteiger partial charge in [-0.3, -0.25) is 0 Å². The van der Waals surface area contributed by atoms with Crippen molar-refractivity contribution in [3.8, 4) is 0 Å². The van der Waals surface area contributed by atoms with Crippen LogP contribution in [-0.2, 0) is 4.79 Å². The summed E-state index contributed by atoms with van der Waals surface area (Å²) in [7, 11) is 0. The van der Waals surface area contributed by atoms with Gasteiger partial charge in [0.15, 0.2) is 6.04 Å². The zero-order valence-corrected chi connectivity index (χ0v) is 11.3. The van der Waals surface area contributed by atoms with Crippen LogP contribution in [0, 0.1) is 0 Å². The van der Waals surface area contributed by atoms with Crippen molar-refractivity contribution in [3.05, 3.63) is 64.1 Å². The van der Waals surface area contributed by atoms with E-state index in [0.717, 1.165) is 0 Å². The highest BCUT2D eigenvalue weighted by Crippen LogP contribution is 2.23. The van der Waals surface area contributed by atoms with E-state index in [1.807, 2.05) is 0 Å². The number of rotatable bonds is 4. The number of halogens is 2. The van der Waals surface area contributed by atoms with Crippen molar-refractivity contribution in [1.29, 1.82) is 0 Å². The van der Waals surface area contributed by atoms with Crippen molar-refractivity contribution in [2.24, 2.45) is 0 Å². The minimum absolute atomic E-state index is 0.502. The monoisotopic (exact) mass is 295 g/mol. The van der Waals surface area contributed by atoms with Gasteiger partial charge in [0, 0.05) is 15.7 Å². The molecule has 0 heterocycles. The molecule has 1 atom stereocenters. The molecule has 0 fully saturated rings. The summed E-state index contributed by atoms with van der Waals surface area (Å²) in [5, 5.41) is 13.3.